The number of amides is 1. The molecule has 2 atom stereocenters. The molecule has 1 unspecified atom stereocenters. The van der Waals surface area contributed by atoms with Gasteiger partial charge in [0.2, 0.25) is 0 Å². The lowest BCUT2D eigenvalue weighted by molar-refractivity contribution is -0.118. The molecule has 0 saturated heterocycles. The lowest BCUT2D eigenvalue weighted by atomic mass is 9.98. The van der Waals surface area contributed by atoms with Gasteiger partial charge in [0, 0.05) is 53.0 Å². The number of nitrogens with zero attached hydrogens (tertiary/aromatic N) is 2. The minimum atomic E-state index is -4.41. The number of fused-ring (bicyclic) bond motifs is 4. The standard InChI is InChI=1S/C38H48N2O6S3/c1-7-34(41)36(49(43,44)45)15-16-47-48-38(5,6)24-39(8-2)31-18-25(3)17-27(20-31)23-46-35-22-28-13-14-30-21-29-11-9-10-12-33(29)40(30)37(42)32(28)19-26(35)4/h9-12,17-20,22,30,36H,7-8,13-16,21,23-24H2,1-6H3,(H,43,44,45)/t30-,36?/m1/s1. The van der Waals surface area contributed by atoms with Crippen molar-refractivity contribution in [1.82, 2.24) is 0 Å². The van der Waals surface area contributed by atoms with E-state index in [0.717, 1.165) is 77.3 Å². The van der Waals surface area contributed by atoms with Crippen LogP contribution in [0, 0.1) is 13.8 Å². The fourth-order valence-electron chi connectivity index (χ4n) is 6.91. The highest BCUT2D eigenvalue weighted by molar-refractivity contribution is 8.77. The van der Waals surface area contributed by atoms with E-state index in [1.807, 2.05) is 30.0 Å². The molecule has 1 amide bonds. The Morgan fingerprint density at radius 2 is 1.86 bits per heavy atom. The third-order valence-corrected chi connectivity index (χ3v) is 13.8. The van der Waals surface area contributed by atoms with Crippen LogP contribution >= 0.6 is 21.6 Å². The van der Waals surface area contributed by atoms with Crippen molar-refractivity contribution in [3.63, 3.8) is 0 Å². The molecule has 3 aromatic rings. The molecule has 0 fully saturated rings. The molecule has 0 aromatic heterocycles. The van der Waals surface area contributed by atoms with Crippen LogP contribution in [-0.2, 0) is 34.4 Å². The van der Waals surface area contributed by atoms with Gasteiger partial charge in [0.1, 0.15) is 17.6 Å². The summed E-state index contributed by atoms with van der Waals surface area (Å²) in [5, 5.41) is -1.36. The van der Waals surface area contributed by atoms with Gasteiger partial charge in [-0.05, 0) is 118 Å². The van der Waals surface area contributed by atoms with Crippen LogP contribution in [0.25, 0.3) is 0 Å². The normalized spacial score (nSPS) is 16.4. The smallest absolute Gasteiger partial charge is 0.275 e. The number of hydrogen-bond acceptors (Lipinski definition) is 8. The molecule has 49 heavy (non-hydrogen) atoms. The Kier molecular flexibility index (Phi) is 11.8. The first-order valence-corrected chi connectivity index (χ1v) is 20.9. The second kappa shape index (κ2) is 15.5. The summed E-state index contributed by atoms with van der Waals surface area (Å²) in [6.45, 7) is 14.1. The monoisotopic (exact) mass is 724 g/mol. The van der Waals surface area contributed by atoms with Gasteiger partial charge >= 0.3 is 0 Å². The maximum atomic E-state index is 13.8. The van der Waals surface area contributed by atoms with Crippen molar-refractivity contribution in [3.05, 3.63) is 88.0 Å². The zero-order valence-electron chi connectivity index (χ0n) is 29.3. The summed E-state index contributed by atoms with van der Waals surface area (Å²) in [5.74, 6) is 0.859. The predicted molar refractivity (Wildman–Crippen MR) is 203 cm³/mol. The highest BCUT2D eigenvalue weighted by Gasteiger charge is 2.37. The van der Waals surface area contributed by atoms with Crippen molar-refractivity contribution < 1.29 is 27.3 Å². The number of rotatable bonds is 15. The molecule has 0 radical (unpaired) electrons. The summed E-state index contributed by atoms with van der Waals surface area (Å²) in [7, 11) is -1.23. The number of ether oxygens (including phenoxy) is 1. The first-order valence-electron chi connectivity index (χ1n) is 17.0. The SMILES string of the molecule is CCC(=O)C(CCSSC(C)(C)CN(CC)c1cc(C)cc(COc2cc3c(cc2C)C(=O)N2c4ccccc4C[C@H]2CC3)c1)S(=O)(=O)O. The third-order valence-electron chi connectivity index (χ3n) is 9.32. The van der Waals surface area contributed by atoms with E-state index < -0.39 is 21.2 Å². The van der Waals surface area contributed by atoms with Crippen LogP contribution in [0.1, 0.15) is 85.1 Å². The lowest BCUT2D eigenvalue weighted by Crippen LogP contribution is -2.36. The van der Waals surface area contributed by atoms with E-state index in [1.54, 1.807) is 17.7 Å². The van der Waals surface area contributed by atoms with Crippen LogP contribution in [-0.4, -0.2) is 59.5 Å². The number of anilines is 2. The maximum Gasteiger partial charge on any atom is 0.275 e. The number of Topliss-reactive ketones (excluding diaryl/α,β-unsaturated/α-hetero) is 1. The summed E-state index contributed by atoms with van der Waals surface area (Å²) in [5.41, 5.74) is 8.34. The fraction of sp³-hybridized carbons (Fsp3) is 0.474. The van der Waals surface area contributed by atoms with E-state index in [0.29, 0.717) is 12.4 Å². The third kappa shape index (κ3) is 8.85. The Bertz CT molecular complexity index is 1810. The lowest BCUT2D eigenvalue weighted by Gasteiger charge is -2.33. The van der Waals surface area contributed by atoms with Crippen molar-refractivity contribution in [2.75, 3.05) is 28.6 Å². The molecular formula is C38H48N2O6S3. The zero-order valence-corrected chi connectivity index (χ0v) is 31.8. The highest BCUT2D eigenvalue weighted by Crippen LogP contribution is 2.40. The van der Waals surface area contributed by atoms with Crippen LogP contribution in [0.15, 0.2) is 54.6 Å². The summed E-state index contributed by atoms with van der Waals surface area (Å²) >= 11 is 0. The molecule has 0 saturated carbocycles. The molecular weight excluding hydrogens is 677 g/mol. The largest absolute Gasteiger partial charge is 0.489 e. The van der Waals surface area contributed by atoms with Gasteiger partial charge in [-0.15, -0.1) is 0 Å². The predicted octanol–water partition coefficient (Wildman–Crippen LogP) is 8.01. The maximum absolute atomic E-state index is 13.8. The van der Waals surface area contributed by atoms with Gasteiger partial charge in [0.25, 0.3) is 16.0 Å². The molecule has 2 heterocycles. The molecule has 0 spiro atoms. The van der Waals surface area contributed by atoms with E-state index in [1.165, 1.54) is 16.4 Å². The number of carbonyl (C=O) groups is 2. The second-order valence-electron chi connectivity index (χ2n) is 13.7. The van der Waals surface area contributed by atoms with Gasteiger partial charge in [-0.3, -0.25) is 14.1 Å². The van der Waals surface area contributed by atoms with Gasteiger partial charge in [-0.2, -0.15) is 8.42 Å². The van der Waals surface area contributed by atoms with E-state index in [9.17, 15) is 22.6 Å². The van der Waals surface area contributed by atoms with Crippen LogP contribution in [0.5, 0.6) is 5.75 Å². The van der Waals surface area contributed by atoms with Crippen LogP contribution in [0.4, 0.5) is 11.4 Å². The molecule has 0 aliphatic carbocycles. The molecule has 11 heteroatoms. The minimum absolute atomic E-state index is 0.0751. The van der Waals surface area contributed by atoms with Gasteiger partial charge in [0.15, 0.2) is 5.78 Å². The number of para-hydroxylation sites is 1. The topological polar surface area (TPSA) is 104 Å². The summed E-state index contributed by atoms with van der Waals surface area (Å²) < 4.78 is 39.2. The number of ketones is 1. The average molecular weight is 725 g/mol. The number of aryl methyl sites for hydroxylation is 3. The van der Waals surface area contributed by atoms with Crippen molar-refractivity contribution in [1.29, 1.82) is 0 Å². The van der Waals surface area contributed by atoms with Gasteiger partial charge in [0.05, 0.1) is 0 Å². The summed E-state index contributed by atoms with van der Waals surface area (Å²) in [4.78, 5) is 30.2. The van der Waals surface area contributed by atoms with Crippen LogP contribution in [0.2, 0.25) is 0 Å². The quantitative estimate of drug-likeness (QED) is 0.0949. The molecule has 2 aliphatic rings. The Morgan fingerprint density at radius 3 is 2.57 bits per heavy atom. The Balaban J connectivity index is 1.23. The average Bonchev–Trinajstić information content (AvgIpc) is 3.36. The molecule has 5 rings (SSSR count). The first-order chi connectivity index (χ1) is 23.2. The Labute approximate surface area is 299 Å². The van der Waals surface area contributed by atoms with Gasteiger partial charge < -0.3 is 14.5 Å². The fourth-order valence-corrected chi connectivity index (χ4v) is 10.6. The molecule has 2 aliphatic heterocycles. The Hall–Kier alpha value is -2.99. The molecule has 8 nitrogen and oxygen atoms in total. The first kappa shape index (κ1) is 37.3. The molecule has 3 aromatic carbocycles. The molecule has 264 valence electrons. The van der Waals surface area contributed by atoms with Crippen molar-refractivity contribution >= 4 is 54.8 Å². The van der Waals surface area contributed by atoms with Crippen molar-refractivity contribution in [2.45, 2.75) is 96.3 Å². The highest BCUT2D eigenvalue weighted by atomic mass is 33.1. The van der Waals surface area contributed by atoms with E-state index in [-0.39, 0.29) is 29.5 Å². The second-order valence-corrected chi connectivity index (χ2v) is 18.5. The van der Waals surface area contributed by atoms with Gasteiger partial charge in [-0.25, -0.2) is 0 Å². The van der Waals surface area contributed by atoms with Gasteiger partial charge in [-0.1, -0.05) is 52.8 Å². The van der Waals surface area contributed by atoms with E-state index in [4.69, 9.17) is 4.74 Å². The van der Waals surface area contributed by atoms with Crippen LogP contribution in [0.3, 0.4) is 0 Å². The van der Waals surface area contributed by atoms with E-state index >= 15 is 0 Å². The molecule has 1 N–H and O–H groups in total. The van der Waals surface area contributed by atoms with Crippen LogP contribution < -0.4 is 14.5 Å². The number of benzene rings is 3. The van der Waals surface area contributed by atoms with Crippen molar-refractivity contribution in [2.24, 2.45) is 0 Å². The Morgan fingerprint density at radius 1 is 1.10 bits per heavy atom. The zero-order chi connectivity index (χ0) is 35.5. The number of carbonyl (C=O) groups excluding carboxylic acids is 2. The van der Waals surface area contributed by atoms with E-state index in [2.05, 4.69) is 69.0 Å². The molecule has 0 bridgehead atoms. The minimum Gasteiger partial charge on any atom is -0.489 e. The van der Waals surface area contributed by atoms with Crippen molar-refractivity contribution in [3.8, 4) is 5.75 Å². The summed E-state index contributed by atoms with van der Waals surface area (Å²) in [6, 6.07) is 19.0. The number of hydrogen-bond donors (Lipinski definition) is 1. The summed E-state index contributed by atoms with van der Waals surface area (Å²) in [6.07, 6.45) is 2.81.